The molecule has 0 amide bonds. The van der Waals surface area contributed by atoms with E-state index < -0.39 is 49.4 Å². The molecule has 0 spiro atoms. The van der Waals surface area contributed by atoms with Crippen molar-refractivity contribution in [3.63, 3.8) is 0 Å². The molecule has 0 bridgehead atoms. The summed E-state index contributed by atoms with van der Waals surface area (Å²) in [5.41, 5.74) is -1.20. The van der Waals surface area contributed by atoms with Gasteiger partial charge in [-0.25, -0.2) is 9.36 Å². The standard InChI is InChI=1S/C24H25N2O9P/c1-24(2)32-20-18(31-22(21(20)33-24)26-14-13-19(27)25-23(26)28)15-30-36(29,34-16-9-5-3-6-10-16)35-17-11-7-4-8-12-17/h3-14,18,20-22H,15H2,1-2H3,(H,25,27,28)/t18-,20-,21-,22-/m1/s1. The van der Waals surface area contributed by atoms with Crippen molar-refractivity contribution in [3.05, 3.63) is 93.8 Å². The second-order valence-corrected chi connectivity index (χ2v) is 10.2. The van der Waals surface area contributed by atoms with Crippen molar-refractivity contribution in [1.82, 2.24) is 9.55 Å². The third kappa shape index (κ3) is 5.30. The minimum Gasteiger partial charge on any atom is -0.395 e. The zero-order valence-corrected chi connectivity index (χ0v) is 20.4. The third-order valence-electron chi connectivity index (χ3n) is 5.57. The smallest absolute Gasteiger partial charge is 0.395 e. The van der Waals surface area contributed by atoms with Crippen LogP contribution in [0, 0.1) is 0 Å². The van der Waals surface area contributed by atoms with Gasteiger partial charge in [0.25, 0.3) is 5.56 Å². The fraction of sp³-hybridized carbons (Fsp3) is 0.333. The first kappa shape index (κ1) is 24.5. The average molecular weight is 516 g/mol. The van der Waals surface area contributed by atoms with Crippen LogP contribution in [-0.2, 0) is 23.3 Å². The van der Waals surface area contributed by atoms with E-state index in [4.69, 9.17) is 27.8 Å². The van der Waals surface area contributed by atoms with Crippen molar-refractivity contribution in [2.24, 2.45) is 0 Å². The summed E-state index contributed by atoms with van der Waals surface area (Å²) in [4.78, 5) is 26.1. The number of phosphoric ester groups is 1. The number of fused-ring (bicyclic) bond motifs is 1. The quantitative estimate of drug-likeness (QED) is 0.449. The molecule has 2 aliphatic heterocycles. The topological polar surface area (TPSA) is 127 Å². The molecule has 36 heavy (non-hydrogen) atoms. The second-order valence-electron chi connectivity index (χ2n) is 8.70. The summed E-state index contributed by atoms with van der Waals surface area (Å²) in [5.74, 6) is -0.380. The molecule has 4 atom stereocenters. The van der Waals surface area contributed by atoms with E-state index in [0.717, 1.165) is 0 Å². The molecule has 0 aliphatic carbocycles. The number of ether oxygens (including phenoxy) is 3. The zero-order valence-electron chi connectivity index (χ0n) is 19.5. The molecule has 2 fully saturated rings. The lowest BCUT2D eigenvalue weighted by molar-refractivity contribution is -0.200. The van der Waals surface area contributed by atoms with Gasteiger partial charge >= 0.3 is 13.5 Å². The van der Waals surface area contributed by atoms with Gasteiger partial charge in [0.05, 0.1) is 6.61 Å². The number of aromatic amines is 1. The Labute approximate surface area is 206 Å². The molecular formula is C24H25N2O9P. The molecule has 12 heteroatoms. The maximum absolute atomic E-state index is 13.7. The van der Waals surface area contributed by atoms with Crippen LogP contribution in [0.5, 0.6) is 11.5 Å². The van der Waals surface area contributed by atoms with Crippen molar-refractivity contribution < 1.29 is 32.3 Å². The fourth-order valence-corrected chi connectivity index (χ4v) is 5.33. The van der Waals surface area contributed by atoms with Gasteiger partial charge in [-0.15, -0.1) is 0 Å². The lowest BCUT2D eigenvalue weighted by Crippen LogP contribution is -2.37. The van der Waals surface area contributed by atoms with Crippen LogP contribution in [0.2, 0.25) is 0 Å². The minimum absolute atomic E-state index is 0.258. The fourth-order valence-electron chi connectivity index (χ4n) is 4.10. The summed E-state index contributed by atoms with van der Waals surface area (Å²) >= 11 is 0. The first-order valence-corrected chi connectivity index (χ1v) is 12.7. The van der Waals surface area contributed by atoms with Crippen LogP contribution >= 0.6 is 7.82 Å². The lowest BCUT2D eigenvalue weighted by atomic mass is 10.1. The highest BCUT2D eigenvalue weighted by Crippen LogP contribution is 2.51. The van der Waals surface area contributed by atoms with Crippen LogP contribution in [0.1, 0.15) is 20.1 Å². The molecule has 2 aliphatic rings. The van der Waals surface area contributed by atoms with E-state index in [1.807, 2.05) is 0 Å². The number of hydrogen-bond donors (Lipinski definition) is 1. The molecule has 2 saturated heterocycles. The van der Waals surface area contributed by atoms with Crippen molar-refractivity contribution >= 4 is 7.82 Å². The average Bonchev–Trinajstić information content (AvgIpc) is 3.32. The Balaban J connectivity index is 1.39. The Morgan fingerprint density at radius 2 is 1.50 bits per heavy atom. The molecule has 3 aromatic rings. The number of phosphoric acid groups is 1. The highest BCUT2D eigenvalue weighted by molar-refractivity contribution is 7.49. The van der Waals surface area contributed by atoms with Gasteiger partial charge in [-0.3, -0.25) is 18.9 Å². The Morgan fingerprint density at radius 3 is 2.08 bits per heavy atom. The maximum atomic E-state index is 13.7. The summed E-state index contributed by atoms with van der Waals surface area (Å²) in [5, 5.41) is 0. The normalized spacial score (nSPS) is 24.8. The number of H-pyrrole nitrogens is 1. The highest BCUT2D eigenvalue weighted by atomic mass is 31.2. The van der Waals surface area contributed by atoms with E-state index in [1.54, 1.807) is 74.5 Å². The number of nitrogens with one attached hydrogen (secondary N) is 1. The summed E-state index contributed by atoms with van der Waals surface area (Å²) in [6.07, 6.45) is -1.75. The Hall–Kier alpha value is -3.21. The van der Waals surface area contributed by atoms with E-state index >= 15 is 0 Å². The molecule has 2 aromatic carbocycles. The van der Waals surface area contributed by atoms with Gasteiger partial charge in [-0.1, -0.05) is 36.4 Å². The van der Waals surface area contributed by atoms with Gasteiger partial charge in [0, 0.05) is 12.3 Å². The summed E-state index contributed by atoms with van der Waals surface area (Å²) in [6.45, 7) is 3.21. The molecule has 190 valence electrons. The summed E-state index contributed by atoms with van der Waals surface area (Å²) in [7, 11) is -4.18. The summed E-state index contributed by atoms with van der Waals surface area (Å²) in [6, 6.07) is 18.2. The Bertz CT molecular complexity index is 1310. The van der Waals surface area contributed by atoms with Crippen LogP contribution < -0.4 is 20.3 Å². The SMILES string of the molecule is CC1(C)O[C@@H]2[C@H](O1)[C@@H](COP(=O)(Oc1ccccc1)Oc1ccccc1)O[C@H]2n1ccc(=O)[nH]c1=O. The van der Waals surface area contributed by atoms with Crippen LogP contribution in [-0.4, -0.2) is 40.3 Å². The molecule has 1 N–H and O–H groups in total. The van der Waals surface area contributed by atoms with E-state index in [9.17, 15) is 14.2 Å². The van der Waals surface area contributed by atoms with E-state index in [0.29, 0.717) is 11.5 Å². The number of para-hydroxylation sites is 2. The lowest BCUT2D eigenvalue weighted by Gasteiger charge is -2.25. The van der Waals surface area contributed by atoms with Gasteiger partial charge in [0.2, 0.25) is 0 Å². The summed E-state index contributed by atoms with van der Waals surface area (Å²) < 4.78 is 50.0. The van der Waals surface area contributed by atoms with Crippen molar-refractivity contribution in [2.45, 2.75) is 44.2 Å². The molecule has 1 aromatic heterocycles. The van der Waals surface area contributed by atoms with Gasteiger partial charge in [-0.05, 0) is 38.1 Å². The highest BCUT2D eigenvalue weighted by Gasteiger charge is 2.56. The number of rotatable bonds is 8. The minimum atomic E-state index is -4.18. The monoisotopic (exact) mass is 516 g/mol. The van der Waals surface area contributed by atoms with Gasteiger partial charge < -0.3 is 23.3 Å². The first-order chi connectivity index (χ1) is 17.2. The Morgan fingerprint density at radius 1 is 0.917 bits per heavy atom. The van der Waals surface area contributed by atoms with Crippen LogP contribution in [0.3, 0.4) is 0 Å². The van der Waals surface area contributed by atoms with Gasteiger partial charge in [0.15, 0.2) is 12.0 Å². The molecular weight excluding hydrogens is 491 g/mol. The first-order valence-electron chi connectivity index (χ1n) is 11.3. The van der Waals surface area contributed by atoms with E-state index in [-0.39, 0.29) is 6.61 Å². The van der Waals surface area contributed by atoms with Gasteiger partial charge in [-0.2, -0.15) is 0 Å². The number of hydrogen-bond acceptors (Lipinski definition) is 9. The number of nitrogens with zero attached hydrogens (tertiary/aromatic N) is 1. The largest absolute Gasteiger partial charge is 0.587 e. The van der Waals surface area contributed by atoms with Gasteiger partial charge in [0.1, 0.15) is 29.8 Å². The molecule has 0 saturated carbocycles. The number of benzene rings is 2. The van der Waals surface area contributed by atoms with Crippen molar-refractivity contribution in [2.75, 3.05) is 6.61 Å². The number of aromatic nitrogens is 2. The predicted octanol–water partition coefficient (Wildman–Crippen LogP) is 3.24. The second kappa shape index (κ2) is 9.68. The molecule has 0 radical (unpaired) electrons. The Kier molecular flexibility index (Phi) is 6.59. The molecule has 11 nitrogen and oxygen atoms in total. The predicted molar refractivity (Wildman–Crippen MR) is 127 cm³/mol. The van der Waals surface area contributed by atoms with Crippen molar-refractivity contribution in [3.8, 4) is 11.5 Å². The molecule has 3 heterocycles. The van der Waals surface area contributed by atoms with Crippen molar-refractivity contribution in [1.29, 1.82) is 0 Å². The van der Waals surface area contributed by atoms with E-state index in [1.165, 1.54) is 16.8 Å². The van der Waals surface area contributed by atoms with E-state index in [2.05, 4.69) is 4.98 Å². The molecule has 0 unspecified atom stereocenters. The molecule has 5 rings (SSSR count). The maximum Gasteiger partial charge on any atom is 0.587 e. The van der Waals surface area contributed by atoms with Crippen LogP contribution in [0.15, 0.2) is 82.5 Å². The van der Waals surface area contributed by atoms with Crippen LogP contribution in [0.25, 0.3) is 0 Å². The zero-order chi connectivity index (χ0) is 25.3. The third-order valence-corrected chi connectivity index (χ3v) is 6.90. The van der Waals surface area contributed by atoms with Crippen LogP contribution in [0.4, 0.5) is 0 Å².